The maximum absolute atomic E-state index is 10.3. The zero-order valence-electron chi connectivity index (χ0n) is 12.7. The van der Waals surface area contributed by atoms with Gasteiger partial charge in [0.15, 0.2) is 0 Å². The molecule has 0 bridgehead atoms. The Labute approximate surface area is 130 Å². The average molecular weight is 301 g/mol. The SMILES string of the molecule is OC[C@@]1(O)CCCN(Cc2ccccc2-n2cccn2)CC1. The maximum Gasteiger partial charge on any atom is 0.0890 e. The summed E-state index contributed by atoms with van der Waals surface area (Å²) in [6.45, 7) is 2.42. The molecule has 5 heteroatoms. The van der Waals surface area contributed by atoms with Gasteiger partial charge in [0.05, 0.1) is 17.9 Å². The van der Waals surface area contributed by atoms with E-state index in [4.69, 9.17) is 0 Å². The van der Waals surface area contributed by atoms with Gasteiger partial charge in [-0.05, 0) is 43.5 Å². The molecule has 0 radical (unpaired) electrons. The molecule has 1 aromatic heterocycles. The first kappa shape index (κ1) is 15.2. The minimum atomic E-state index is -0.906. The van der Waals surface area contributed by atoms with E-state index >= 15 is 0 Å². The zero-order chi connectivity index (χ0) is 15.4. The third-order valence-corrected chi connectivity index (χ3v) is 4.44. The highest BCUT2D eigenvalue weighted by molar-refractivity contribution is 5.40. The van der Waals surface area contributed by atoms with E-state index < -0.39 is 5.60 Å². The van der Waals surface area contributed by atoms with Gasteiger partial charge in [-0.2, -0.15) is 5.10 Å². The minimum Gasteiger partial charge on any atom is -0.393 e. The Kier molecular flexibility index (Phi) is 4.57. The molecule has 1 saturated heterocycles. The Morgan fingerprint density at radius 3 is 2.77 bits per heavy atom. The third-order valence-electron chi connectivity index (χ3n) is 4.44. The van der Waals surface area contributed by atoms with E-state index in [1.165, 1.54) is 5.56 Å². The van der Waals surface area contributed by atoms with Crippen LogP contribution in [0, 0.1) is 0 Å². The number of aliphatic hydroxyl groups excluding tert-OH is 1. The van der Waals surface area contributed by atoms with Crippen molar-refractivity contribution in [3.8, 4) is 5.69 Å². The van der Waals surface area contributed by atoms with Gasteiger partial charge >= 0.3 is 0 Å². The van der Waals surface area contributed by atoms with Crippen molar-refractivity contribution in [2.75, 3.05) is 19.7 Å². The molecule has 2 aromatic rings. The second-order valence-electron chi connectivity index (χ2n) is 6.09. The highest BCUT2D eigenvalue weighted by Crippen LogP contribution is 2.24. The van der Waals surface area contributed by atoms with Crippen molar-refractivity contribution < 1.29 is 10.2 Å². The molecule has 5 nitrogen and oxygen atoms in total. The molecule has 0 saturated carbocycles. The number of hydrogen-bond acceptors (Lipinski definition) is 4. The van der Waals surface area contributed by atoms with E-state index in [1.807, 2.05) is 29.1 Å². The van der Waals surface area contributed by atoms with Gasteiger partial charge in [-0.15, -0.1) is 0 Å². The van der Waals surface area contributed by atoms with Crippen LogP contribution < -0.4 is 0 Å². The summed E-state index contributed by atoms with van der Waals surface area (Å²) in [5.41, 5.74) is 1.41. The molecule has 1 aromatic carbocycles. The fourth-order valence-corrected chi connectivity index (χ4v) is 3.07. The molecule has 1 fully saturated rings. The molecule has 1 aliphatic rings. The fourth-order valence-electron chi connectivity index (χ4n) is 3.07. The first-order valence-electron chi connectivity index (χ1n) is 7.84. The number of likely N-dealkylation sites (tertiary alicyclic amines) is 1. The van der Waals surface area contributed by atoms with Gasteiger partial charge in [0.25, 0.3) is 0 Å². The molecule has 2 heterocycles. The van der Waals surface area contributed by atoms with Crippen LogP contribution in [0.3, 0.4) is 0 Å². The predicted molar refractivity (Wildman–Crippen MR) is 84.7 cm³/mol. The fraction of sp³-hybridized carbons (Fsp3) is 0.471. The summed E-state index contributed by atoms with van der Waals surface area (Å²) < 4.78 is 1.89. The molecular formula is C17H23N3O2. The first-order valence-corrected chi connectivity index (χ1v) is 7.84. The molecule has 0 aliphatic carbocycles. The van der Waals surface area contributed by atoms with Crippen molar-refractivity contribution >= 4 is 0 Å². The van der Waals surface area contributed by atoms with Gasteiger partial charge in [0.1, 0.15) is 0 Å². The molecule has 118 valence electrons. The summed E-state index contributed by atoms with van der Waals surface area (Å²) in [6, 6.07) is 10.2. The van der Waals surface area contributed by atoms with Gasteiger partial charge < -0.3 is 10.2 Å². The summed E-state index contributed by atoms with van der Waals surface area (Å²) in [5.74, 6) is 0. The lowest BCUT2D eigenvalue weighted by atomic mass is 9.96. The molecule has 22 heavy (non-hydrogen) atoms. The lowest BCUT2D eigenvalue weighted by molar-refractivity contribution is -0.0255. The highest BCUT2D eigenvalue weighted by atomic mass is 16.3. The first-order chi connectivity index (χ1) is 10.7. The number of rotatable bonds is 4. The zero-order valence-corrected chi connectivity index (χ0v) is 12.7. The normalized spacial score (nSPS) is 23.4. The van der Waals surface area contributed by atoms with E-state index in [9.17, 15) is 10.2 Å². The topological polar surface area (TPSA) is 61.5 Å². The molecule has 1 atom stereocenters. The van der Waals surface area contributed by atoms with Crippen LogP contribution >= 0.6 is 0 Å². The number of aromatic nitrogens is 2. The number of aliphatic hydroxyl groups is 2. The minimum absolute atomic E-state index is 0.148. The second kappa shape index (κ2) is 6.60. The number of hydrogen-bond donors (Lipinski definition) is 2. The summed E-state index contributed by atoms with van der Waals surface area (Å²) in [4.78, 5) is 2.34. The van der Waals surface area contributed by atoms with Crippen LogP contribution in [0.4, 0.5) is 0 Å². The predicted octanol–water partition coefficient (Wildman–Crippen LogP) is 1.58. The molecule has 2 N–H and O–H groups in total. The van der Waals surface area contributed by atoms with E-state index in [2.05, 4.69) is 22.1 Å². The van der Waals surface area contributed by atoms with Crippen molar-refractivity contribution in [1.82, 2.24) is 14.7 Å². The van der Waals surface area contributed by atoms with Crippen molar-refractivity contribution in [1.29, 1.82) is 0 Å². The van der Waals surface area contributed by atoms with Crippen LogP contribution in [0.25, 0.3) is 5.69 Å². The highest BCUT2D eigenvalue weighted by Gasteiger charge is 2.29. The van der Waals surface area contributed by atoms with Crippen LogP contribution in [0.15, 0.2) is 42.7 Å². The van der Waals surface area contributed by atoms with Crippen molar-refractivity contribution in [3.05, 3.63) is 48.3 Å². The smallest absolute Gasteiger partial charge is 0.0890 e. The Balaban J connectivity index is 1.74. The lowest BCUT2D eigenvalue weighted by Crippen LogP contribution is -2.34. The summed E-state index contributed by atoms with van der Waals surface area (Å²) in [6.07, 6.45) is 5.92. The van der Waals surface area contributed by atoms with Crippen LogP contribution in [-0.2, 0) is 6.54 Å². The molecule has 0 spiro atoms. The maximum atomic E-state index is 10.3. The second-order valence-corrected chi connectivity index (χ2v) is 6.09. The van der Waals surface area contributed by atoms with Gasteiger partial charge in [-0.3, -0.25) is 4.90 Å². The summed E-state index contributed by atoms with van der Waals surface area (Å²) >= 11 is 0. The number of para-hydroxylation sites is 1. The number of benzene rings is 1. The van der Waals surface area contributed by atoms with Gasteiger partial charge in [0.2, 0.25) is 0 Å². The molecular weight excluding hydrogens is 278 g/mol. The largest absolute Gasteiger partial charge is 0.393 e. The van der Waals surface area contributed by atoms with Crippen molar-refractivity contribution in [2.45, 2.75) is 31.4 Å². The van der Waals surface area contributed by atoms with E-state index in [0.29, 0.717) is 12.8 Å². The Morgan fingerprint density at radius 2 is 2.00 bits per heavy atom. The van der Waals surface area contributed by atoms with Crippen molar-refractivity contribution in [2.24, 2.45) is 0 Å². The van der Waals surface area contributed by atoms with Gasteiger partial charge in [0, 0.05) is 25.5 Å². The summed E-state index contributed by atoms with van der Waals surface area (Å²) in [5, 5.41) is 23.9. The van der Waals surface area contributed by atoms with Crippen LogP contribution in [0.1, 0.15) is 24.8 Å². The Morgan fingerprint density at radius 1 is 1.14 bits per heavy atom. The van der Waals surface area contributed by atoms with Crippen LogP contribution in [0.2, 0.25) is 0 Å². The van der Waals surface area contributed by atoms with Crippen LogP contribution in [-0.4, -0.2) is 50.2 Å². The average Bonchev–Trinajstić information content (AvgIpc) is 3.01. The van der Waals surface area contributed by atoms with Gasteiger partial charge in [-0.1, -0.05) is 18.2 Å². The molecule has 0 amide bonds. The van der Waals surface area contributed by atoms with E-state index in [-0.39, 0.29) is 6.61 Å². The summed E-state index contributed by atoms with van der Waals surface area (Å²) in [7, 11) is 0. The third kappa shape index (κ3) is 3.38. The lowest BCUT2D eigenvalue weighted by Gasteiger charge is -2.24. The number of nitrogens with zero attached hydrogens (tertiary/aromatic N) is 3. The van der Waals surface area contributed by atoms with E-state index in [1.54, 1.807) is 6.20 Å². The van der Waals surface area contributed by atoms with E-state index in [0.717, 1.165) is 31.7 Å². The standard InChI is InChI=1S/C17H23N3O2/c21-14-17(22)7-3-10-19(12-8-17)13-15-5-1-2-6-16(15)20-11-4-9-18-20/h1-2,4-6,9,11,21-22H,3,7-8,10,12-14H2/t17-/m1/s1. The Bertz CT molecular complexity index is 600. The molecule has 0 unspecified atom stereocenters. The monoisotopic (exact) mass is 301 g/mol. The van der Waals surface area contributed by atoms with Crippen molar-refractivity contribution in [3.63, 3.8) is 0 Å². The van der Waals surface area contributed by atoms with Gasteiger partial charge in [-0.25, -0.2) is 4.68 Å². The molecule has 1 aliphatic heterocycles. The quantitative estimate of drug-likeness (QED) is 0.900. The molecule has 3 rings (SSSR count). The Hall–Kier alpha value is -1.69. The van der Waals surface area contributed by atoms with Crippen LogP contribution in [0.5, 0.6) is 0 Å².